The molecule has 0 radical (unpaired) electrons. The second kappa shape index (κ2) is 10.6. The molecule has 0 aromatic heterocycles. The van der Waals surface area contributed by atoms with Gasteiger partial charge in [-0.3, -0.25) is 4.90 Å². The van der Waals surface area contributed by atoms with Crippen molar-refractivity contribution in [2.24, 2.45) is 0 Å². The van der Waals surface area contributed by atoms with Crippen LogP contribution in [0.25, 0.3) is 0 Å². The Bertz CT molecular complexity index is 756. The van der Waals surface area contributed by atoms with Crippen molar-refractivity contribution in [1.29, 1.82) is 0 Å². The van der Waals surface area contributed by atoms with Crippen LogP contribution in [0.3, 0.4) is 0 Å². The summed E-state index contributed by atoms with van der Waals surface area (Å²) in [6, 6.07) is 10.4. The number of nitrogens with one attached hydrogen (secondary N) is 1. The van der Waals surface area contributed by atoms with Gasteiger partial charge in [0.05, 0.1) is 10.5 Å². The highest BCUT2D eigenvalue weighted by Crippen LogP contribution is 2.33. The zero-order chi connectivity index (χ0) is 18.7. The highest BCUT2D eigenvalue weighted by atomic mass is 79.9. The van der Waals surface area contributed by atoms with Crippen molar-refractivity contribution < 1.29 is 22.3 Å². The van der Waals surface area contributed by atoms with E-state index >= 15 is 0 Å². The van der Waals surface area contributed by atoms with Gasteiger partial charge in [0, 0.05) is 26.2 Å². The SMILES string of the molecule is Cl.Cl.Fc1ccc([C@H](c2ccc(OC(F)(F)F)cc2)N2CCNCC2)cc1Br. The summed E-state index contributed by atoms with van der Waals surface area (Å²) in [5.41, 5.74) is 1.68. The van der Waals surface area contributed by atoms with Crippen LogP contribution < -0.4 is 10.1 Å². The number of nitrogens with zero attached hydrogens (tertiary/aromatic N) is 1. The summed E-state index contributed by atoms with van der Waals surface area (Å²) in [4.78, 5) is 2.22. The van der Waals surface area contributed by atoms with Crippen LogP contribution in [0.1, 0.15) is 17.2 Å². The molecule has 156 valence electrons. The van der Waals surface area contributed by atoms with E-state index in [1.54, 1.807) is 24.3 Å². The topological polar surface area (TPSA) is 24.5 Å². The molecule has 3 rings (SSSR count). The van der Waals surface area contributed by atoms with Gasteiger partial charge >= 0.3 is 6.36 Å². The predicted molar refractivity (Wildman–Crippen MR) is 108 cm³/mol. The molecule has 10 heteroatoms. The molecule has 0 spiro atoms. The summed E-state index contributed by atoms with van der Waals surface area (Å²) < 4.78 is 55.0. The average molecular weight is 506 g/mol. The number of hydrogen-bond donors (Lipinski definition) is 1. The molecule has 1 heterocycles. The minimum absolute atomic E-state index is 0. The molecule has 2 aromatic rings. The summed E-state index contributed by atoms with van der Waals surface area (Å²) in [6.45, 7) is 3.18. The molecule has 1 saturated heterocycles. The number of hydrogen-bond acceptors (Lipinski definition) is 3. The van der Waals surface area contributed by atoms with E-state index in [-0.39, 0.29) is 42.4 Å². The van der Waals surface area contributed by atoms with Crippen molar-refractivity contribution in [1.82, 2.24) is 10.2 Å². The molecular weight excluding hydrogens is 487 g/mol. The maximum atomic E-state index is 13.6. The Balaban J connectivity index is 0.00000196. The fourth-order valence-electron chi connectivity index (χ4n) is 3.09. The number of alkyl halides is 3. The molecule has 1 N–H and O–H groups in total. The summed E-state index contributed by atoms with van der Waals surface area (Å²) in [6.07, 6.45) is -4.72. The third kappa shape index (κ3) is 6.49. The molecule has 1 atom stereocenters. The highest BCUT2D eigenvalue weighted by molar-refractivity contribution is 9.10. The minimum atomic E-state index is -4.72. The lowest BCUT2D eigenvalue weighted by atomic mass is 9.96. The molecule has 3 nitrogen and oxygen atoms in total. The van der Waals surface area contributed by atoms with Gasteiger partial charge in [0.2, 0.25) is 0 Å². The van der Waals surface area contributed by atoms with E-state index in [0.29, 0.717) is 4.47 Å². The van der Waals surface area contributed by atoms with Crippen molar-refractivity contribution in [2.45, 2.75) is 12.4 Å². The van der Waals surface area contributed by atoms with Crippen LogP contribution in [0, 0.1) is 5.82 Å². The maximum Gasteiger partial charge on any atom is 0.573 e. The molecule has 1 fully saturated rings. The first-order chi connectivity index (χ1) is 12.3. The van der Waals surface area contributed by atoms with Crippen LogP contribution in [0.4, 0.5) is 17.6 Å². The van der Waals surface area contributed by atoms with E-state index in [9.17, 15) is 17.6 Å². The zero-order valence-corrected chi connectivity index (χ0v) is 17.7. The third-order valence-electron chi connectivity index (χ3n) is 4.21. The van der Waals surface area contributed by atoms with Crippen molar-refractivity contribution in [3.63, 3.8) is 0 Å². The second-order valence-electron chi connectivity index (χ2n) is 5.98. The second-order valence-corrected chi connectivity index (χ2v) is 6.83. The molecule has 2 aromatic carbocycles. The Kier molecular flexibility index (Phi) is 9.49. The molecule has 0 aliphatic carbocycles. The Morgan fingerprint density at radius 2 is 1.54 bits per heavy atom. The third-order valence-corrected chi connectivity index (χ3v) is 4.81. The van der Waals surface area contributed by atoms with Crippen molar-refractivity contribution in [3.05, 3.63) is 63.9 Å². The number of rotatable bonds is 4. The monoisotopic (exact) mass is 504 g/mol. The van der Waals surface area contributed by atoms with E-state index in [2.05, 4.69) is 30.9 Å². The van der Waals surface area contributed by atoms with E-state index in [4.69, 9.17) is 0 Å². The van der Waals surface area contributed by atoms with Gasteiger partial charge in [0.15, 0.2) is 0 Å². The van der Waals surface area contributed by atoms with Crippen LogP contribution in [0.5, 0.6) is 5.75 Å². The summed E-state index contributed by atoms with van der Waals surface area (Å²) in [5.74, 6) is -0.623. The number of ether oxygens (including phenoxy) is 1. The molecule has 1 aliphatic heterocycles. The molecular formula is C18H19BrCl2F4N2O. The van der Waals surface area contributed by atoms with Gasteiger partial charge < -0.3 is 10.1 Å². The zero-order valence-electron chi connectivity index (χ0n) is 14.5. The fraction of sp³-hybridized carbons (Fsp3) is 0.333. The van der Waals surface area contributed by atoms with Gasteiger partial charge in [-0.05, 0) is 51.3 Å². The number of halogens is 7. The van der Waals surface area contributed by atoms with Gasteiger partial charge in [-0.1, -0.05) is 18.2 Å². The van der Waals surface area contributed by atoms with Gasteiger partial charge in [-0.2, -0.15) is 0 Å². The number of piperazine rings is 1. The van der Waals surface area contributed by atoms with E-state index < -0.39 is 6.36 Å². The van der Waals surface area contributed by atoms with Crippen LogP contribution in [-0.4, -0.2) is 37.4 Å². The Labute approximate surface area is 181 Å². The van der Waals surface area contributed by atoms with Gasteiger partial charge in [0.1, 0.15) is 11.6 Å². The lowest BCUT2D eigenvalue weighted by molar-refractivity contribution is -0.274. The molecule has 0 saturated carbocycles. The normalized spacial score (nSPS) is 15.9. The smallest absolute Gasteiger partial charge is 0.406 e. The maximum absolute atomic E-state index is 13.6. The standard InChI is InChI=1S/C18H17BrF4N2O.2ClH/c19-15-11-13(3-6-16(15)20)17(25-9-7-24-8-10-25)12-1-4-14(5-2-12)26-18(21,22)23;;/h1-6,11,17,24H,7-10H2;2*1H/t17-;;/m0../s1. The van der Waals surface area contributed by atoms with Crippen LogP contribution in [0.2, 0.25) is 0 Å². The molecule has 0 amide bonds. The van der Waals surface area contributed by atoms with Crippen molar-refractivity contribution in [2.75, 3.05) is 26.2 Å². The van der Waals surface area contributed by atoms with Crippen LogP contribution >= 0.6 is 40.7 Å². The van der Waals surface area contributed by atoms with E-state index in [1.165, 1.54) is 18.2 Å². The average Bonchev–Trinajstić information content (AvgIpc) is 2.59. The molecule has 28 heavy (non-hydrogen) atoms. The summed E-state index contributed by atoms with van der Waals surface area (Å²) >= 11 is 3.20. The van der Waals surface area contributed by atoms with Gasteiger partial charge in [0.25, 0.3) is 0 Å². The predicted octanol–water partition coefficient (Wildman–Crippen LogP) is 5.33. The van der Waals surface area contributed by atoms with E-state index in [0.717, 1.165) is 37.3 Å². The van der Waals surface area contributed by atoms with E-state index in [1.807, 2.05) is 0 Å². The quantitative estimate of drug-likeness (QED) is 0.569. The first-order valence-corrected chi connectivity index (χ1v) is 8.88. The van der Waals surface area contributed by atoms with Crippen LogP contribution in [0.15, 0.2) is 46.9 Å². The Morgan fingerprint density at radius 1 is 0.964 bits per heavy atom. The first-order valence-electron chi connectivity index (χ1n) is 8.09. The molecule has 1 aliphatic rings. The first kappa shape index (κ1) is 25.0. The Hall–Kier alpha value is -1.06. The van der Waals surface area contributed by atoms with Gasteiger partial charge in [-0.15, -0.1) is 38.0 Å². The Morgan fingerprint density at radius 3 is 2.07 bits per heavy atom. The van der Waals surface area contributed by atoms with Crippen molar-refractivity contribution >= 4 is 40.7 Å². The van der Waals surface area contributed by atoms with Gasteiger partial charge in [-0.25, -0.2) is 4.39 Å². The lowest BCUT2D eigenvalue weighted by Gasteiger charge is -2.35. The molecule has 0 bridgehead atoms. The minimum Gasteiger partial charge on any atom is -0.406 e. The largest absolute Gasteiger partial charge is 0.573 e. The lowest BCUT2D eigenvalue weighted by Crippen LogP contribution is -2.45. The van der Waals surface area contributed by atoms with Crippen LogP contribution in [-0.2, 0) is 0 Å². The number of benzene rings is 2. The highest BCUT2D eigenvalue weighted by Gasteiger charge is 2.31. The fourth-order valence-corrected chi connectivity index (χ4v) is 3.49. The summed E-state index contributed by atoms with van der Waals surface area (Å²) in [7, 11) is 0. The molecule has 0 unspecified atom stereocenters. The summed E-state index contributed by atoms with van der Waals surface area (Å²) in [5, 5.41) is 3.27. The van der Waals surface area contributed by atoms with Crippen molar-refractivity contribution in [3.8, 4) is 5.75 Å².